The number of nitrogens with one attached hydrogen (secondary N) is 1. The highest BCUT2D eigenvalue weighted by Crippen LogP contribution is 2.38. The molecule has 4 unspecified atom stereocenters. The van der Waals surface area contributed by atoms with E-state index in [9.17, 15) is 14.4 Å². The van der Waals surface area contributed by atoms with Gasteiger partial charge in [-0.25, -0.2) is 0 Å². The van der Waals surface area contributed by atoms with Crippen LogP contribution in [0.1, 0.15) is 243 Å². The van der Waals surface area contributed by atoms with E-state index in [4.69, 9.17) is 67.3 Å². The van der Waals surface area contributed by atoms with Crippen molar-refractivity contribution < 1.29 is 76.0 Å². The molecule has 90 heavy (non-hydrogen) atoms. The van der Waals surface area contributed by atoms with Gasteiger partial charge in [-0.15, -0.1) is 0 Å². The number of carbonyl (C=O) groups is 3. The van der Waals surface area contributed by atoms with Gasteiger partial charge >= 0.3 is 0 Å². The average molecular weight is 1290 g/mol. The number of amides is 3. The van der Waals surface area contributed by atoms with Crippen LogP contribution in [-0.2, 0) is 76.0 Å². The molecule has 1 fully saturated rings. The van der Waals surface area contributed by atoms with Crippen LogP contribution in [0, 0.1) is 17.8 Å². The lowest BCUT2D eigenvalue weighted by molar-refractivity contribution is -0.157. The van der Waals surface area contributed by atoms with Gasteiger partial charge < -0.3 is 72.6 Å². The van der Waals surface area contributed by atoms with E-state index >= 15 is 0 Å². The number of methoxy groups -OCH3 is 4. The van der Waals surface area contributed by atoms with Crippen LogP contribution in [0.2, 0.25) is 0 Å². The molecule has 1 aliphatic heterocycles. The summed E-state index contributed by atoms with van der Waals surface area (Å²) in [7, 11) is 6.94. The Morgan fingerprint density at radius 2 is 0.733 bits per heavy atom. The topological polar surface area (TPSA) is 212 Å². The number of hydrogen-bond acceptors (Lipinski definition) is 17. The summed E-state index contributed by atoms with van der Waals surface area (Å²) in [5, 5.41) is 2.90. The van der Waals surface area contributed by atoms with Crippen molar-refractivity contribution in [1.82, 2.24) is 10.2 Å². The first-order valence-electron chi connectivity index (χ1n) is 33.7. The third-order valence-electron chi connectivity index (χ3n) is 18.8. The molecule has 0 aromatic rings. The Bertz CT molecular complexity index is 2070. The number of imide groups is 1. The van der Waals surface area contributed by atoms with Crippen molar-refractivity contribution in [2.75, 3.05) is 108 Å². The smallest absolute Gasteiger partial charge is 0.246 e. The van der Waals surface area contributed by atoms with Gasteiger partial charge in [0.15, 0.2) is 0 Å². The molecule has 0 spiro atoms. The molecule has 1 rings (SSSR count). The lowest BCUT2D eigenvalue weighted by Gasteiger charge is -2.42. The minimum Gasteiger partial charge on any atom is -0.381 e. The summed E-state index contributed by atoms with van der Waals surface area (Å²) in [5.41, 5.74) is 0.243. The maximum absolute atomic E-state index is 12.7. The van der Waals surface area contributed by atoms with Crippen LogP contribution in [-0.4, -0.2) is 203 Å². The first-order valence-corrected chi connectivity index (χ1v) is 33.7. The number of nitrogens with two attached hydrogens (primary N) is 1. The third-order valence-corrected chi connectivity index (χ3v) is 18.8. The SMILES string of the molecule is COC(C)(C)CCOC(C)(C)CC(COC(C)(C)CCOC(C)(C)CC(COCCCNC(=O)CCN1C(=O)CC(N)C1=O)C(C)(C)OCCC(C)(C)OCC(CC(C)(C)OCCC(C)(C)OC)C(C)(C)OCCC(C)(C)OC)C(C)(C)OCCC(C)(C)OC. The second kappa shape index (κ2) is 37.0. The Morgan fingerprint density at radius 3 is 1.03 bits per heavy atom. The molecule has 3 amide bonds. The second-order valence-corrected chi connectivity index (χ2v) is 32.6. The maximum Gasteiger partial charge on any atom is 0.246 e. The van der Waals surface area contributed by atoms with Gasteiger partial charge in [-0.05, 0) is 230 Å². The first-order chi connectivity index (χ1) is 40.9. The van der Waals surface area contributed by atoms with E-state index in [1.165, 1.54) is 0 Å². The molecule has 0 bridgehead atoms. The predicted molar refractivity (Wildman–Crippen MR) is 359 cm³/mol. The van der Waals surface area contributed by atoms with Gasteiger partial charge in [-0.3, -0.25) is 19.3 Å². The van der Waals surface area contributed by atoms with Crippen LogP contribution in [0.5, 0.6) is 0 Å². The van der Waals surface area contributed by atoms with Crippen molar-refractivity contribution in [2.45, 2.75) is 316 Å². The molecule has 4 atom stereocenters. The van der Waals surface area contributed by atoms with Crippen molar-refractivity contribution in [3.8, 4) is 0 Å². The van der Waals surface area contributed by atoms with E-state index in [2.05, 4.69) is 171 Å². The Labute approximate surface area is 549 Å². The molecular weight excluding hydrogens is 1150 g/mol. The summed E-state index contributed by atoms with van der Waals surface area (Å²) in [6.07, 6.45) is 6.88. The molecule has 0 radical (unpaired) electrons. The molecule has 0 aliphatic carbocycles. The summed E-state index contributed by atoms with van der Waals surface area (Å²) in [4.78, 5) is 38.3. The van der Waals surface area contributed by atoms with Crippen molar-refractivity contribution >= 4 is 17.7 Å². The van der Waals surface area contributed by atoms with Gasteiger partial charge in [0.05, 0.1) is 139 Å². The number of likely N-dealkylation sites (tertiary alicyclic amines) is 1. The number of nitrogens with zero attached hydrogens (tertiary/aromatic N) is 1. The summed E-state index contributed by atoms with van der Waals surface area (Å²) in [6, 6.07) is -0.842. The highest BCUT2D eigenvalue weighted by molar-refractivity contribution is 6.05. The fraction of sp³-hybridized carbons (Fsp3) is 0.958. The third kappa shape index (κ3) is 35.2. The maximum atomic E-state index is 12.7. The Balaban J connectivity index is 3.32. The summed E-state index contributed by atoms with van der Waals surface area (Å²) in [5.74, 6) is -1.17. The number of ether oxygens (including phenoxy) is 13. The molecule has 0 aromatic heterocycles. The minimum atomic E-state index is -0.842. The Morgan fingerprint density at radius 1 is 0.433 bits per heavy atom. The second-order valence-electron chi connectivity index (χ2n) is 32.6. The minimum absolute atomic E-state index is 0.00428. The van der Waals surface area contributed by atoms with E-state index in [1.807, 2.05) is 0 Å². The van der Waals surface area contributed by atoms with Gasteiger partial charge in [0, 0.05) is 72.3 Å². The number of carbonyl (C=O) groups excluding carboxylic acids is 3. The average Bonchev–Trinajstić information content (AvgIpc) is 1.16. The number of hydrogen-bond donors (Lipinski definition) is 2. The van der Waals surface area contributed by atoms with Gasteiger partial charge in [0.25, 0.3) is 0 Å². The van der Waals surface area contributed by atoms with Crippen molar-refractivity contribution in [2.24, 2.45) is 23.5 Å². The van der Waals surface area contributed by atoms with E-state index in [0.717, 1.165) is 37.0 Å². The fourth-order valence-corrected chi connectivity index (χ4v) is 10.3. The van der Waals surface area contributed by atoms with Crippen LogP contribution in [0.4, 0.5) is 0 Å². The van der Waals surface area contributed by atoms with Crippen molar-refractivity contribution in [1.29, 1.82) is 0 Å². The summed E-state index contributed by atoms with van der Waals surface area (Å²) in [6.45, 7) is 55.9. The highest BCUT2D eigenvalue weighted by atomic mass is 16.5. The monoisotopic (exact) mass is 1290 g/mol. The zero-order chi connectivity index (χ0) is 69.5. The van der Waals surface area contributed by atoms with Crippen LogP contribution < -0.4 is 11.1 Å². The van der Waals surface area contributed by atoms with Crippen LogP contribution >= 0.6 is 0 Å². The first kappa shape index (κ1) is 86.1. The molecule has 0 saturated carbocycles. The normalized spacial score (nSPS) is 17.0. The molecule has 19 heteroatoms. The standard InChI is InChI=1S/C71H139N3O16/c1-60(2,78-25)31-40-83-67(15,16)48-54(70(21,22)86-43-33-62(5,6)80-27)51-89-64(9,10)35-42-85-66(13,14)47-53(50-82-39-29-37-73-57(75)30-38-74-58(76)46-56(72)59(74)77)69(19,20)88-45-36-65(11,12)90-52-55(71(23,24)87-44-34-63(7,8)81-28)49-68(17,18)84-41-32-61(3,4)79-26/h53-56H,29-52,72H2,1-28H3,(H,73,75). The predicted octanol–water partition coefficient (Wildman–Crippen LogP) is 12.4. The van der Waals surface area contributed by atoms with Crippen molar-refractivity contribution in [3.63, 3.8) is 0 Å². The highest BCUT2D eigenvalue weighted by Gasteiger charge is 2.42. The quantitative estimate of drug-likeness (QED) is 0.0428. The number of rotatable bonds is 52. The molecule has 3 N–H and O–H groups in total. The van der Waals surface area contributed by atoms with E-state index in [1.54, 1.807) is 28.4 Å². The van der Waals surface area contributed by atoms with Crippen LogP contribution in [0.15, 0.2) is 0 Å². The lowest BCUT2D eigenvalue weighted by Crippen LogP contribution is -2.45. The Kier molecular flexibility index (Phi) is 35.3. The van der Waals surface area contributed by atoms with E-state index in [-0.39, 0.29) is 71.4 Å². The van der Waals surface area contributed by atoms with Crippen LogP contribution in [0.3, 0.4) is 0 Å². The summed E-state index contributed by atoms with van der Waals surface area (Å²) < 4.78 is 83.2. The van der Waals surface area contributed by atoms with E-state index < -0.39 is 56.8 Å². The van der Waals surface area contributed by atoms with Gasteiger partial charge in [0.2, 0.25) is 17.7 Å². The van der Waals surface area contributed by atoms with Crippen LogP contribution in [0.25, 0.3) is 0 Å². The zero-order valence-corrected chi connectivity index (χ0v) is 62.8. The van der Waals surface area contributed by atoms with Gasteiger partial charge in [-0.2, -0.15) is 0 Å². The summed E-state index contributed by atoms with van der Waals surface area (Å²) >= 11 is 0. The molecule has 1 aliphatic rings. The van der Waals surface area contributed by atoms with Gasteiger partial charge in [-0.1, -0.05) is 0 Å². The molecule has 19 nitrogen and oxygen atoms in total. The Hall–Kier alpha value is -1.95. The van der Waals surface area contributed by atoms with Gasteiger partial charge in [0.1, 0.15) is 0 Å². The molecule has 1 heterocycles. The largest absolute Gasteiger partial charge is 0.381 e. The molecular formula is C71H139N3O16. The molecule has 1 saturated heterocycles. The van der Waals surface area contributed by atoms with Crippen molar-refractivity contribution in [3.05, 3.63) is 0 Å². The fourth-order valence-electron chi connectivity index (χ4n) is 10.3. The molecule has 534 valence electrons. The lowest BCUT2D eigenvalue weighted by atomic mass is 9.82. The zero-order valence-electron chi connectivity index (χ0n) is 62.8. The molecule has 0 aromatic carbocycles. The van der Waals surface area contributed by atoms with E-state index in [0.29, 0.717) is 105 Å².